The Morgan fingerprint density at radius 1 is 1.50 bits per heavy atom. The molecule has 0 unspecified atom stereocenters. The maximum Gasteiger partial charge on any atom is 0.0947 e. The van der Waals surface area contributed by atoms with Gasteiger partial charge in [-0.3, -0.25) is 0 Å². The largest absolute Gasteiger partial charge is 0.472 e. The maximum atomic E-state index is 5.03. The maximum absolute atomic E-state index is 5.03. The zero-order chi connectivity index (χ0) is 10.6. The molecule has 0 saturated heterocycles. The lowest BCUT2D eigenvalue weighted by molar-refractivity contribution is 0.224. The molecule has 2 nitrogen and oxygen atoms in total. The second-order valence-electron chi connectivity index (χ2n) is 4.63. The van der Waals surface area contributed by atoms with Crippen molar-refractivity contribution in [3.8, 4) is 0 Å². The normalized spacial score (nSPS) is 12.4. The highest BCUT2D eigenvalue weighted by molar-refractivity contribution is 7.80. The smallest absolute Gasteiger partial charge is 0.0947 e. The average Bonchev–Trinajstić information content (AvgIpc) is 2.55. The molecular weight excluding hydrogens is 194 g/mol. The lowest BCUT2D eigenvalue weighted by atomic mass is 9.96. The fourth-order valence-electron chi connectivity index (χ4n) is 1.53. The predicted octanol–water partition coefficient (Wildman–Crippen LogP) is 2.67. The summed E-state index contributed by atoms with van der Waals surface area (Å²) in [6.07, 6.45) is 3.51. The lowest BCUT2D eigenvalue weighted by Gasteiger charge is -2.28. The molecule has 1 aromatic heterocycles. The van der Waals surface area contributed by atoms with E-state index in [4.69, 9.17) is 4.42 Å². The Labute approximate surface area is 91.7 Å². The van der Waals surface area contributed by atoms with Gasteiger partial charge in [-0.2, -0.15) is 12.6 Å². The highest BCUT2D eigenvalue weighted by atomic mass is 32.1. The summed E-state index contributed by atoms with van der Waals surface area (Å²) >= 11 is 4.34. The molecule has 0 bridgehead atoms. The summed E-state index contributed by atoms with van der Waals surface area (Å²) < 4.78 is 5.03. The van der Waals surface area contributed by atoms with E-state index >= 15 is 0 Å². The number of nitrogens with zero attached hydrogens (tertiary/aromatic N) is 1. The standard InChI is InChI=1S/C11H19NOS/c1-11(2,9-14)8-12(3)6-10-4-5-13-7-10/h4-5,7,14H,6,8-9H2,1-3H3. The molecule has 1 heterocycles. The molecule has 0 atom stereocenters. The van der Waals surface area contributed by atoms with Crippen molar-refractivity contribution >= 4 is 12.6 Å². The molecule has 0 N–H and O–H groups in total. The van der Waals surface area contributed by atoms with E-state index in [0.29, 0.717) is 0 Å². The number of furan rings is 1. The number of thiol groups is 1. The molecule has 0 saturated carbocycles. The minimum absolute atomic E-state index is 0.265. The Morgan fingerprint density at radius 2 is 2.21 bits per heavy atom. The van der Waals surface area contributed by atoms with E-state index in [2.05, 4.69) is 38.4 Å². The van der Waals surface area contributed by atoms with E-state index in [-0.39, 0.29) is 5.41 Å². The zero-order valence-corrected chi connectivity index (χ0v) is 10.1. The third kappa shape index (κ3) is 3.76. The minimum Gasteiger partial charge on any atom is -0.472 e. The van der Waals surface area contributed by atoms with Gasteiger partial charge >= 0.3 is 0 Å². The van der Waals surface area contributed by atoms with Crippen LogP contribution in [0.1, 0.15) is 19.4 Å². The third-order valence-corrected chi connectivity index (χ3v) is 3.01. The van der Waals surface area contributed by atoms with Crippen LogP contribution < -0.4 is 0 Å². The van der Waals surface area contributed by atoms with Gasteiger partial charge in [0.05, 0.1) is 12.5 Å². The Hall–Kier alpha value is -0.410. The van der Waals surface area contributed by atoms with Gasteiger partial charge in [0.2, 0.25) is 0 Å². The first-order valence-corrected chi connectivity index (χ1v) is 5.47. The van der Waals surface area contributed by atoms with Crippen molar-refractivity contribution in [1.82, 2.24) is 4.90 Å². The van der Waals surface area contributed by atoms with Crippen molar-refractivity contribution < 1.29 is 4.42 Å². The highest BCUT2D eigenvalue weighted by Gasteiger charge is 2.18. The van der Waals surface area contributed by atoms with Crippen LogP contribution in [-0.4, -0.2) is 24.2 Å². The van der Waals surface area contributed by atoms with Crippen molar-refractivity contribution in [3.05, 3.63) is 24.2 Å². The number of hydrogen-bond donors (Lipinski definition) is 1. The summed E-state index contributed by atoms with van der Waals surface area (Å²) in [5, 5.41) is 0. The summed E-state index contributed by atoms with van der Waals surface area (Å²) in [6.45, 7) is 6.44. The molecule has 0 aromatic carbocycles. The van der Waals surface area contributed by atoms with Crippen LogP contribution >= 0.6 is 12.6 Å². The average molecular weight is 213 g/mol. The van der Waals surface area contributed by atoms with E-state index in [9.17, 15) is 0 Å². The second-order valence-corrected chi connectivity index (χ2v) is 4.94. The third-order valence-electron chi connectivity index (χ3n) is 2.16. The van der Waals surface area contributed by atoms with Gasteiger partial charge in [0, 0.05) is 18.7 Å². The first kappa shape index (κ1) is 11.7. The van der Waals surface area contributed by atoms with Crippen LogP contribution in [0, 0.1) is 5.41 Å². The Morgan fingerprint density at radius 3 is 2.71 bits per heavy atom. The fraction of sp³-hybridized carbons (Fsp3) is 0.636. The molecular formula is C11H19NOS. The van der Waals surface area contributed by atoms with Gasteiger partial charge in [0.15, 0.2) is 0 Å². The van der Waals surface area contributed by atoms with Crippen molar-refractivity contribution in [2.75, 3.05) is 19.3 Å². The van der Waals surface area contributed by atoms with E-state index < -0.39 is 0 Å². The molecule has 0 aliphatic heterocycles. The summed E-state index contributed by atoms with van der Waals surface area (Å²) in [5.74, 6) is 0.905. The first-order valence-electron chi connectivity index (χ1n) is 4.84. The summed E-state index contributed by atoms with van der Waals surface area (Å²) in [5.41, 5.74) is 1.49. The molecule has 0 aliphatic rings. The predicted molar refractivity (Wildman–Crippen MR) is 62.7 cm³/mol. The minimum atomic E-state index is 0.265. The lowest BCUT2D eigenvalue weighted by Crippen LogP contribution is -2.32. The molecule has 80 valence electrons. The molecule has 1 rings (SSSR count). The van der Waals surface area contributed by atoms with Crippen LogP contribution in [0.4, 0.5) is 0 Å². The molecule has 0 fully saturated rings. The fourth-order valence-corrected chi connectivity index (χ4v) is 1.63. The number of hydrogen-bond acceptors (Lipinski definition) is 3. The molecule has 14 heavy (non-hydrogen) atoms. The van der Waals surface area contributed by atoms with Gasteiger partial charge in [-0.25, -0.2) is 0 Å². The summed E-state index contributed by atoms with van der Waals surface area (Å²) in [7, 11) is 2.12. The van der Waals surface area contributed by atoms with E-state index in [1.165, 1.54) is 5.56 Å². The SMILES string of the molecule is CN(Cc1ccoc1)CC(C)(C)CS. The Kier molecular flexibility index (Phi) is 4.08. The highest BCUT2D eigenvalue weighted by Crippen LogP contribution is 2.18. The first-order chi connectivity index (χ1) is 6.53. The van der Waals surface area contributed by atoms with Crippen LogP contribution in [0.25, 0.3) is 0 Å². The van der Waals surface area contributed by atoms with E-state index in [1.54, 1.807) is 12.5 Å². The Bertz CT molecular complexity index is 256. The van der Waals surface area contributed by atoms with E-state index in [0.717, 1.165) is 18.8 Å². The van der Waals surface area contributed by atoms with Gasteiger partial charge in [0.25, 0.3) is 0 Å². The van der Waals surface area contributed by atoms with Gasteiger partial charge in [-0.15, -0.1) is 0 Å². The molecule has 1 aromatic rings. The van der Waals surface area contributed by atoms with Gasteiger partial charge in [-0.05, 0) is 24.3 Å². The monoisotopic (exact) mass is 213 g/mol. The number of rotatable bonds is 5. The zero-order valence-electron chi connectivity index (χ0n) is 9.16. The van der Waals surface area contributed by atoms with Crippen LogP contribution in [0.3, 0.4) is 0 Å². The van der Waals surface area contributed by atoms with Gasteiger partial charge < -0.3 is 9.32 Å². The van der Waals surface area contributed by atoms with E-state index in [1.807, 2.05) is 6.07 Å². The molecule has 0 spiro atoms. The van der Waals surface area contributed by atoms with Crippen molar-refractivity contribution in [2.24, 2.45) is 5.41 Å². The summed E-state index contributed by atoms with van der Waals surface area (Å²) in [4.78, 5) is 2.29. The van der Waals surface area contributed by atoms with Gasteiger partial charge in [-0.1, -0.05) is 13.8 Å². The van der Waals surface area contributed by atoms with Crippen LogP contribution in [-0.2, 0) is 6.54 Å². The van der Waals surface area contributed by atoms with Crippen LogP contribution in [0.15, 0.2) is 23.0 Å². The Balaban J connectivity index is 2.40. The van der Waals surface area contributed by atoms with Gasteiger partial charge in [0.1, 0.15) is 0 Å². The van der Waals surface area contributed by atoms with Crippen molar-refractivity contribution in [1.29, 1.82) is 0 Å². The molecule has 0 aliphatic carbocycles. The topological polar surface area (TPSA) is 16.4 Å². The summed E-state index contributed by atoms with van der Waals surface area (Å²) in [6, 6.07) is 2.00. The van der Waals surface area contributed by atoms with Crippen LogP contribution in [0.2, 0.25) is 0 Å². The van der Waals surface area contributed by atoms with Crippen molar-refractivity contribution in [3.63, 3.8) is 0 Å². The van der Waals surface area contributed by atoms with Crippen molar-refractivity contribution in [2.45, 2.75) is 20.4 Å². The molecule has 0 radical (unpaired) electrons. The molecule has 0 amide bonds. The second kappa shape index (κ2) is 4.89. The quantitative estimate of drug-likeness (QED) is 0.757. The molecule has 3 heteroatoms. The van der Waals surface area contributed by atoms with Crippen LogP contribution in [0.5, 0.6) is 0 Å².